The van der Waals surface area contributed by atoms with Gasteiger partial charge in [-0.3, -0.25) is 14.5 Å². The molecule has 0 radical (unpaired) electrons. The number of halogens is 1. The molecule has 0 bridgehead atoms. The van der Waals surface area contributed by atoms with Gasteiger partial charge in [-0.05, 0) is 30.0 Å². The molecule has 0 saturated carbocycles. The van der Waals surface area contributed by atoms with E-state index in [2.05, 4.69) is 26.4 Å². The fourth-order valence-electron chi connectivity index (χ4n) is 4.08. The van der Waals surface area contributed by atoms with E-state index in [1.807, 2.05) is 36.4 Å². The van der Waals surface area contributed by atoms with Gasteiger partial charge in [0.15, 0.2) is 0 Å². The van der Waals surface area contributed by atoms with Crippen LogP contribution in [0.1, 0.15) is 35.9 Å². The van der Waals surface area contributed by atoms with Crippen molar-refractivity contribution in [1.82, 2.24) is 25.0 Å². The Bertz CT molecular complexity index is 719. The van der Waals surface area contributed by atoms with E-state index in [1.54, 1.807) is 6.20 Å². The van der Waals surface area contributed by atoms with E-state index in [0.717, 1.165) is 43.6 Å². The standard InChI is InChI=1S/C18H23N5O.ClH/c1-22-12-14(9-21-22)15-10-20-11-16(15)18(24)23-7-3-5-17(23)13-4-2-6-19-8-13;/h2,4,6,8-9,12,15-17,20H,3,5,7,10-11H2,1H3;1H/t15-,16+,17?;/m1./s1. The van der Waals surface area contributed by atoms with Crippen molar-refractivity contribution in [1.29, 1.82) is 0 Å². The highest BCUT2D eigenvalue weighted by Crippen LogP contribution is 2.36. The number of pyridine rings is 1. The predicted molar refractivity (Wildman–Crippen MR) is 97.5 cm³/mol. The monoisotopic (exact) mass is 361 g/mol. The number of aromatic nitrogens is 3. The van der Waals surface area contributed by atoms with Crippen molar-refractivity contribution < 1.29 is 4.79 Å². The lowest BCUT2D eigenvalue weighted by molar-refractivity contribution is -0.136. The SMILES string of the molecule is Cl.Cn1cc([C@H]2CNC[C@@H]2C(=O)N2CCCC2c2cccnc2)cn1. The first-order chi connectivity index (χ1) is 11.7. The number of carbonyl (C=O) groups is 1. The van der Waals surface area contributed by atoms with Crippen LogP contribution in [-0.4, -0.2) is 45.2 Å². The average Bonchev–Trinajstić information content (AvgIpc) is 3.34. The Morgan fingerprint density at radius 3 is 2.88 bits per heavy atom. The van der Waals surface area contributed by atoms with Crippen molar-refractivity contribution in [2.45, 2.75) is 24.8 Å². The quantitative estimate of drug-likeness (QED) is 0.907. The second-order valence-electron chi connectivity index (χ2n) is 6.79. The lowest BCUT2D eigenvalue weighted by Crippen LogP contribution is -2.38. The first kappa shape index (κ1) is 17.9. The zero-order valence-corrected chi connectivity index (χ0v) is 15.2. The van der Waals surface area contributed by atoms with Gasteiger partial charge in [-0.2, -0.15) is 5.10 Å². The molecule has 2 aliphatic rings. The topological polar surface area (TPSA) is 63.1 Å². The van der Waals surface area contributed by atoms with Crippen molar-refractivity contribution in [2.24, 2.45) is 13.0 Å². The Morgan fingerprint density at radius 1 is 1.28 bits per heavy atom. The van der Waals surface area contributed by atoms with Crippen LogP contribution in [0.4, 0.5) is 0 Å². The molecule has 6 nitrogen and oxygen atoms in total. The summed E-state index contributed by atoms with van der Waals surface area (Å²) in [6.45, 7) is 2.43. The van der Waals surface area contributed by atoms with Gasteiger partial charge in [-0.1, -0.05) is 6.07 Å². The summed E-state index contributed by atoms with van der Waals surface area (Å²) >= 11 is 0. The van der Waals surface area contributed by atoms with E-state index < -0.39 is 0 Å². The van der Waals surface area contributed by atoms with Crippen LogP contribution >= 0.6 is 12.4 Å². The van der Waals surface area contributed by atoms with E-state index in [4.69, 9.17) is 0 Å². The number of nitrogens with zero attached hydrogens (tertiary/aromatic N) is 4. The molecule has 0 aliphatic carbocycles. The molecule has 134 valence electrons. The highest BCUT2D eigenvalue weighted by Gasteiger charge is 2.40. The van der Waals surface area contributed by atoms with Crippen molar-refractivity contribution >= 4 is 18.3 Å². The zero-order chi connectivity index (χ0) is 16.5. The van der Waals surface area contributed by atoms with Crippen LogP contribution in [0, 0.1) is 5.92 Å². The van der Waals surface area contributed by atoms with Gasteiger partial charge >= 0.3 is 0 Å². The van der Waals surface area contributed by atoms with Gasteiger partial charge in [-0.25, -0.2) is 0 Å². The largest absolute Gasteiger partial charge is 0.335 e. The van der Waals surface area contributed by atoms with Crippen LogP contribution in [0.2, 0.25) is 0 Å². The van der Waals surface area contributed by atoms with E-state index in [0.29, 0.717) is 0 Å². The maximum Gasteiger partial charge on any atom is 0.228 e. The van der Waals surface area contributed by atoms with Gasteiger partial charge in [-0.15, -0.1) is 12.4 Å². The van der Waals surface area contributed by atoms with Crippen LogP contribution in [-0.2, 0) is 11.8 Å². The van der Waals surface area contributed by atoms with Crippen LogP contribution in [0.15, 0.2) is 36.9 Å². The molecular formula is C18H24ClN5O. The predicted octanol–water partition coefficient (Wildman–Crippen LogP) is 1.90. The first-order valence-electron chi connectivity index (χ1n) is 8.63. The normalized spacial score (nSPS) is 25.8. The number of hydrogen-bond donors (Lipinski definition) is 1. The zero-order valence-electron chi connectivity index (χ0n) is 14.3. The smallest absolute Gasteiger partial charge is 0.228 e. The molecular weight excluding hydrogens is 338 g/mol. The first-order valence-corrected chi connectivity index (χ1v) is 8.63. The summed E-state index contributed by atoms with van der Waals surface area (Å²) in [5.74, 6) is 0.466. The highest BCUT2D eigenvalue weighted by molar-refractivity contribution is 5.85. The van der Waals surface area contributed by atoms with Crippen molar-refractivity contribution in [3.05, 3.63) is 48.0 Å². The third kappa shape index (κ3) is 3.41. The number of amides is 1. The van der Waals surface area contributed by atoms with E-state index >= 15 is 0 Å². The fourth-order valence-corrected chi connectivity index (χ4v) is 4.08. The average molecular weight is 362 g/mol. The van der Waals surface area contributed by atoms with Crippen molar-refractivity contribution in [3.8, 4) is 0 Å². The molecule has 1 N–H and O–H groups in total. The molecule has 0 spiro atoms. The number of likely N-dealkylation sites (tertiary alicyclic amines) is 1. The van der Waals surface area contributed by atoms with Crippen LogP contribution < -0.4 is 5.32 Å². The minimum atomic E-state index is -0.00790. The van der Waals surface area contributed by atoms with Gasteiger partial charge in [0.1, 0.15) is 0 Å². The van der Waals surface area contributed by atoms with Gasteiger partial charge < -0.3 is 10.2 Å². The summed E-state index contributed by atoms with van der Waals surface area (Å²) in [4.78, 5) is 19.6. The molecule has 2 aliphatic heterocycles. The molecule has 7 heteroatoms. The van der Waals surface area contributed by atoms with Crippen LogP contribution in [0.3, 0.4) is 0 Å². The molecule has 2 aromatic rings. The minimum Gasteiger partial charge on any atom is -0.335 e. The molecule has 2 saturated heterocycles. The summed E-state index contributed by atoms with van der Waals surface area (Å²) in [5, 5.41) is 7.66. The molecule has 3 atom stereocenters. The second kappa shape index (κ2) is 7.54. The summed E-state index contributed by atoms with van der Waals surface area (Å²) in [6, 6.07) is 4.20. The lowest BCUT2D eigenvalue weighted by atomic mass is 9.89. The molecule has 4 rings (SSSR count). The number of hydrogen-bond acceptors (Lipinski definition) is 4. The molecule has 25 heavy (non-hydrogen) atoms. The number of nitrogens with one attached hydrogen (secondary N) is 1. The van der Waals surface area contributed by atoms with Crippen molar-refractivity contribution in [3.63, 3.8) is 0 Å². The Morgan fingerprint density at radius 2 is 2.16 bits per heavy atom. The highest BCUT2D eigenvalue weighted by atomic mass is 35.5. The Balaban J connectivity index is 0.00000182. The second-order valence-corrected chi connectivity index (χ2v) is 6.79. The third-order valence-corrected chi connectivity index (χ3v) is 5.29. The number of carbonyl (C=O) groups excluding carboxylic acids is 1. The maximum absolute atomic E-state index is 13.3. The molecule has 1 amide bonds. The Hall–Kier alpha value is -1.92. The molecule has 2 fully saturated rings. The Kier molecular flexibility index (Phi) is 5.39. The molecule has 4 heterocycles. The van der Waals surface area contributed by atoms with Gasteiger partial charge in [0.25, 0.3) is 0 Å². The maximum atomic E-state index is 13.3. The summed E-state index contributed by atoms with van der Waals surface area (Å²) in [5.41, 5.74) is 2.30. The van der Waals surface area contributed by atoms with Gasteiger partial charge in [0, 0.05) is 51.2 Å². The molecule has 0 aromatic carbocycles. The van der Waals surface area contributed by atoms with E-state index in [1.165, 1.54) is 0 Å². The number of aryl methyl sites for hydroxylation is 1. The lowest BCUT2D eigenvalue weighted by Gasteiger charge is -2.29. The number of rotatable bonds is 3. The third-order valence-electron chi connectivity index (χ3n) is 5.29. The molecule has 2 aromatic heterocycles. The van der Waals surface area contributed by atoms with Gasteiger partial charge in [0.2, 0.25) is 5.91 Å². The molecule has 1 unspecified atom stereocenters. The van der Waals surface area contributed by atoms with Crippen LogP contribution in [0.5, 0.6) is 0 Å². The Labute approximate surface area is 154 Å². The fraction of sp³-hybridized carbons (Fsp3) is 0.500. The summed E-state index contributed by atoms with van der Waals surface area (Å²) in [6.07, 6.45) is 9.67. The van der Waals surface area contributed by atoms with E-state index in [9.17, 15) is 4.79 Å². The van der Waals surface area contributed by atoms with E-state index in [-0.39, 0.29) is 36.2 Å². The summed E-state index contributed by atoms with van der Waals surface area (Å²) < 4.78 is 1.81. The van der Waals surface area contributed by atoms with Gasteiger partial charge in [0.05, 0.1) is 18.2 Å². The minimum absolute atomic E-state index is 0. The summed E-state index contributed by atoms with van der Waals surface area (Å²) in [7, 11) is 1.92. The van der Waals surface area contributed by atoms with Crippen molar-refractivity contribution in [2.75, 3.05) is 19.6 Å². The van der Waals surface area contributed by atoms with Crippen LogP contribution in [0.25, 0.3) is 0 Å².